The van der Waals surface area contributed by atoms with Crippen LogP contribution in [0.5, 0.6) is 0 Å². The quantitative estimate of drug-likeness (QED) is 0.603. The van der Waals surface area contributed by atoms with Gasteiger partial charge in [0.05, 0.1) is 0 Å². The highest BCUT2D eigenvalue weighted by Gasteiger charge is 2.20. The fourth-order valence-electron chi connectivity index (χ4n) is 1.36. The van der Waals surface area contributed by atoms with Gasteiger partial charge in [0.25, 0.3) is 0 Å². The van der Waals surface area contributed by atoms with Gasteiger partial charge in [-0.15, -0.1) is 11.8 Å². The zero-order valence-corrected chi connectivity index (χ0v) is 10.3. The van der Waals surface area contributed by atoms with E-state index in [9.17, 15) is 0 Å². The average molecular weight is 208 g/mol. The molecule has 0 aromatic heterocycles. The lowest BCUT2D eigenvalue weighted by Gasteiger charge is -2.27. The molecule has 14 heavy (non-hydrogen) atoms. The largest absolute Gasteiger partial charge is 0.122 e. The minimum Gasteiger partial charge on any atom is -0.122 e. The predicted octanol–water partition coefficient (Wildman–Crippen LogP) is 4.70. The molecule has 0 aromatic rings. The van der Waals surface area contributed by atoms with Crippen LogP contribution in [0.2, 0.25) is 0 Å². The summed E-state index contributed by atoms with van der Waals surface area (Å²) in [5, 5.41) is 0.830. The van der Waals surface area contributed by atoms with E-state index in [1.807, 2.05) is 11.8 Å². The summed E-state index contributed by atoms with van der Waals surface area (Å²) in [4.78, 5) is 1.36. The normalized spacial score (nSPS) is 18.5. The Morgan fingerprint density at radius 2 is 1.64 bits per heavy atom. The average Bonchev–Trinajstić information content (AvgIpc) is 2.00. The van der Waals surface area contributed by atoms with E-state index >= 15 is 0 Å². The fraction of sp³-hybridized carbons (Fsp3) is 0.538. The molecule has 0 aromatic carbocycles. The molecule has 0 aliphatic heterocycles. The zero-order valence-electron chi connectivity index (χ0n) is 9.52. The lowest BCUT2D eigenvalue weighted by Crippen LogP contribution is -2.13. The highest BCUT2D eigenvalue weighted by atomic mass is 32.2. The second-order valence-corrected chi connectivity index (χ2v) is 5.50. The van der Waals surface area contributed by atoms with Gasteiger partial charge < -0.3 is 0 Å². The molecular formula is C13H20S. The van der Waals surface area contributed by atoms with Crippen molar-refractivity contribution in [1.82, 2.24) is 0 Å². The summed E-state index contributed by atoms with van der Waals surface area (Å²) >= 11 is 2.00. The van der Waals surface area contributed by atoms with Crippen LogP contribution in [0.15, 0.2) is 34.8 Å². The zero-order chi connectivity index (χ0) is 10.7. The summed E-state index contributed by atoms with van der Waals surface area (Å²) in [6.07, 6.45) is 4.13. The molecule has 0 unspecified atom stereocenters. The van der Waals surface area contributed by atoms with E-state index in [1.54, 1.807) is 0 Å². The van der Waals surface area contributed by atoms with E-state index in [0.29, 0.717) is 0 Å². The van der Waals surface area contributed by atoms with Gasteiger partial charge >= 0.3 is 0 Å². The third kappa shape index (κ3) is 2.78. The van der Waals surface area contributed by atoms with Crippen LogP contribution in [-0.2, 0) is 0 Å². The maximum atomic E-state index is 4.05. The molecule has 78 valence electrons. The van der Waals surface area contributed by atoms with Crippen molar-refractivity contribution in [3.8, 4) is 0 Å². The SMILES string of the molecule is C=C(C)/C(C)=C(/SC1CCC1)C(=C)C. The maximum Gasteiger partial charge on any atom is 0.0130 e. The third-order valence-electron chi connectivity index (χ3n) is 2.71. The van der Waals surface area contributed by atoms with E-state index < -0.39 is 0 Å². The number of hydrogen-bond acceptors (Lipinski definition) is 1. The van der Waals surface area contributed by atoms with Gasteiger partial charge in [0.1, 0.15) is 0 Å². The predicted molar refractivity (Wildman–Crippen MR) is 67.6 cm³/mol. The summed E-state index contributed by atoms with van der Waals surface area (Å²) < 4.78 is 0. The molecule has 0 nitrogen and oxygen atoms in total. The third-order valence-corrected chi connectivity index (χ3v) is 4.40. The van der Waals surface area contributed by atoms with Crippen LogP contribution in [0.3, 0.4) is 0 Å². The molecule has 1 aliphatic carbocycles. The number of thioether (sulfide) groups is 1. The summed E-state index contributed by atoms with van der Waals surface area (Å²) in [5.41, 5.74) is 3.66. The molecule has 1 aliphatic rings. The molecule has 1 fully saturated rings. The molecule has 1 rings (SSSR count). The molecule has 0 saturated heterocycles. The molecule has 0 radical (unpaired) electrons. The van der Waals surface area contributed by atoms with Crippen molar-refractivity contribution in [2.24, 2.45) is 0 Å². The minimum atomic E-state index is 0.830. The second-order valence-electron chi connectivity index (χ2n) is 4.19. The molecule has 0 amide bonds. The first-order valence-electron chi connectivity index (χ1n) is 5.21. The van der Waals surface area contributed by atoms with Crippen molar-refractivity contribution in [2.75, 3.05) is 0 Å². The summed E-state index contributed by atoms with van der Waals surface area (Å²) in [7, 11) is 0. The topological polar surface area (TPSA) is 0 Å². The van der Waals surface area contributed by atoms with Crippen molar-refractivity contribution in [3.05, 3.63) is 34.8 Å². The summed E-state index contributed by atoms with van der Waals surface area (Å²) in [5.74, 6) is 0. The molecule has 0 spiro atoms. The molecule has 0 bridgehead atoms. The minimum absolute atomic E-state index is 0.830. The Balaban J connectivity index is 2.76. The van der Waals surface area contributed by atoms with Crippen LogP contribution in [0.25, 0.3) is 0 Å². The molecule has 0 heterocycles. The van der Waals surface area contributed by atoms with Gasteiger partial charge in [-0.2, -0.15) is 0 Å². The van der Waals surface area contributed by atoms with Crippen LogP contribution in [0, 0.1) is 0 Å². The first kappa shape index (κ1) is 11.6. The Hall–Kier alpha value is -0.430. The highest BCUT2D eigenvalue weighted by molar-refractivity contribution is 8.04. The number of rotatable bonds is 4. The van der Waals surface area contributed by atoms with Gasteiger partial charge in [0.15, 0.2) is 0 Å². The van der Waals surface area contributed by atoms with Crippen LogP contribution in [0.4, 0.5) is 0 Å². The van der Waals surface area contributed by atoms with Crippen molar-refractivity contribution in [2.45, 2.75) is 45.3 Å². The smallest absolute Gasteiger partial charge is 0.0130 e. The Labute approximate surface area is 92.2 Å². The fourth-order valence-corrected chi connectivity index (χ4v) is 2.81. The molecule has 0 N–H and O–H groups in total. The van der Waals surface area contributed by atoms with E-state index in [0.717, 1.165) is 10.8 Å². The Kier molecular flexibility index (Phi) is 4.06. The van der Waals surface area contributed by atoms with Gasteiger partial charge in [0, 0.05) is 10.2 Å². The van der Waals surface area contributed by atoms with E-state index in [4.69, 9.17) is 0 Å². The lowest BCUT2D eigenvalue weighted by molar-refractivity contribution is 0.523. The van der Waals surface area contributed by atoms with E-state index in [2.05, 4.69) is 33.9 Å². The van der Waals surface area contributed by atoms with Gasteiger partial charge in [-0.3, -0.25) is 0 Å². The summed E-state index contributed by atoms with van der Waals surface area (Å²) in [6, 6.07) is 0. The maximum absolute atomic E-state index is 4.05. The van der Waals surface area contributed by atoms with Crippen molar-refractivity contribution in [3.63, 3.8) is 0 Å². The first-order valence-corrected chi connectivity index (χ1v) is 6.09. The van der Waals surface area contributed by atoms with Gasteiger partial charge in [-0.1, -0.05) is 25.2 Å². The van der Waals surface area contributed by atoms with Crippen molar-refractivity contribution in [1.29, 1.82) is 0 Å². The van der Waals surface area contributed by atoms with E-state index in [-0.39, 0.29) is 0 Å². The number of hydrogen-bond donors (Lipinski definition) is 0. The lowest BCUT2D eigenvalue weighted by atomic mass is 10.00. The van der Waals surface area contributed by atoms with Crippen LogP contribution < -0.4 is 0 Å². The summed E-state index contributed by atoms with van der Waals surface area (Å²) in [6.45, 7) is 14.4. The Morgan fingerprint density at radius 3 is 1.93 bits per heavy atom. The standard InChI is InChI=1S/C13H20S/c1-9(2)11(5)13(10(3)4)14-12-7-6-8-12/h12H,1,3,6-8H2,2,4-5H3/b13-11+. The van der Waals surface area contributed by atoms with E-state index in [1.165, 1.54) is 35.3 Å². The van der Waals surface area contributed by atoms with Crippen LogP contribution in [-0.4, -0.2) is 5.25 Å². The molecular weight excluding hydrogens is 188 g/mol. The second kappa shape index (κ2) is 4.88. The highest BCUT2D eigenvalue weighted by Crippen LogP contribution is 2.40. The van der Waals surface area contributed by atoms with Crippen LogP contribution >= 0.6 is 11.8 Å². The van der Waals surface area contributed by atoms with Gasteiger partial charge in [-0.05, 0) is 44.8 Å². The monoisotopic (exact) mass is 208 g/mol. The van der Waals surface area contributed by atoms with Crippen LogP contribution in [0.1, 0.15) is 40.0 Å². The molecule has 0 atom stereocenters. The Bertz CT molecular complexity index is 280. The number of allylic oxidation sites excluding steroid dienone is 3. The van der Waals surface area contributed by atoms with Crippen molar-refractivity contribution >= 4 is 11.8 Å². The molecule has 1 heteroatoms. The molecule has 1 saturated carbocycles. The van der Waals surface area contributed by atoms with Gasteiger partial charge in [-0.25, -0.2) is 0 Å². The first-order chi connectivity index (χ1) is 6.52. The Morgan fingerprint density at radius 1 is 1.07 bits per heavy atom. The van der Waals surface area contributed by atoms with Crippen molar-refractivity contribution < 1.29 is 0 Å². The van der Waals surface area contributed by atoms with Gasteiger partial charge in [0.2, 0.25) is 0 Å².